The summed E-state index contributed by atoms with van der Waals surface area (Å²) >= 11 is 0. The van der Waals surface area contributed by atoms with E-state index >= 15 is 0 Å². The van der Waals surface area contributed by atoms with Gasteiger partial charge in [0.25, 0.3) is 0 Å². The number of carbonyl (C=O) groups excluding carboxylic acids is 1. The zero-order valence-corrected chi connectivity index (χ0v) is 19.5. The summed E-state index contributed by atoms with van der Waals surface area (Å²) in [6.07, 6.45) is 1.94. The number of benzene rings is 1. The molecule has 1 aromatic carbocycles. The topological polar surface area (TPSA) is 106 Å². The summed E-state index contributed by atoms with van der Waals surface area (Å²) in [6, 6.07) is 9.46. The smallest absolute Gasteiger partial charge is 0.457 e. The molecular weight excluding hydrogens is 419 g/mol. The Bertz CT molecular complexity index is 788. The number of carbonyl (C=O) groups is 1. The van der Waals surface area contributed by atoms with E-state index in [4.69, 9.17) is 19.6 Å². The molecule has 0 unspecified atom stereocenters. The van der Waals surface area contributed by atoms with Crippen molar-refractivity contribution in [2.24, 2.45) is 11.0 Å². The summed E-state index contributed by atoms with van der Waals surface area (Å²) in [5.41, 5.74) is 8.04. The largest absolute Gasteiger partial charge is 0.460 e. The van der Waals surface area contributed by atoms with Crippen LogP contribution in [-0.4, -0.2) is 42.9 Å². The lowest BCUT2D eigenvalue weighted by Gasteiger charge is -2.36. The minimum atomic E-state index is -1.23. The van der Waals surface area contributed by atoms with Crippen LogP contribution in [0.2, 0.25) is 6.32 Å². The average Bonchev–Trinajstić information content (AvgIpc) is 2.92. The van der Waals surface area contributed by atoms with E-state index in [1.807, 2.05) is 58.0 Å². The SMILES string of the molecule is CC1(C)OB(CC[C@@H]2CNC[C@](N=[N+]=[N-])(C(=O)OCc3ccccc3)C2)OC1(C)C.Cl. The normalized spacial score (nSPS) is 26.5. The highest BCUT2D eigenvalue weighted by Gasteiger charge is 2.51. The van der Waals surface area contributed by atoms with Crippen molar-refractivity contribution >= 4 is 25.5 Å². The zero-order chi connectivity index (χ0) is 21.8. The van der Waals surface area contributed by atoms with Crippen molar-refractivity contribution in [2.75, 3.05) is 13.1 Å². The molecule has 0 aromatic heterocycles. The van der Waals surface area contributed by atoms with Crippen molar-refractivity contribution < 1.29 is 18.8 Å². The third-order valence-electron chi connectivity index (χ3n) is 6.42. The van der Waals surface area contributed by atoms with Crippen LogP contribution in [0.3, 0.4) is 0 Å². The van der Waals surface area contributed by atoms with Gasteiger partial charge in [-0.15, -0.1) is 12.4 Å². The molecule has 31 heavy (non-hydrogen) atoms. The van der Waals surface area contributed by atoms with Gasteiger partial charge in [-0.25, -0.2) is 0 Å². The average molecular weight is 451 g/mol. The molecule has 0 aliphatic carbocycles. The Morgan fingerprint density at radius 3 is 2.52 bits per heavy atom. The van der Waals surface area contributed by atoms with E-state index in [-0.39, 0.29) is 49.8 Å². The standard InChI is InChI=1S/C21H31BN4O4.ClH/c1-19(2)20(3,4)30-22(29-19)11-10-17-12-21(25-26-23,15-24-13-17)18(27)28-14-16-8-6-5-7-9-16;/h5-9,17,24H,10-15H2,1-4H3;1H/t17-,21-;/m0./s1. The van der Waals surface area contributed by atoms with Gasteiger partial charge >= 0.3 is 13.1 Å². The van der Waals surface area contributed by atoms with Crippen LogP contribution in [0.25, 0.3) is 10.4 Å². The number of nitrogens with zero attached hydrogens (tertiary/aromatic N) is 3. The molecule has 170 valence electrons. The Labute approximate surface area is 190 Å². The number of azide groups is 1. The Balaban J connectivity index is 0.00000341. The summed E-state index contributed by atoms with van der Waals surface area (Å²) in [5, 5.41) is 7.13. The van der Waals surface area contributed by atoms with Crippen molar-refractivity contribution in [3.05, 3.63) is 46.3 Å². The first-order chi connectivity index (χ1) is 14.2. The number of ether oxygens (including phenoxy) is 1. The fourth-order valence-corrected chi connectivity index (χ4v) is 3.98. The van der Waals surface area contributed by atoms with Gasteiger partial charge < -0.3 is 19.4 Å². The van der Waals surface area contributed by atoms with E-state index < -0.39 is 11.5 Å². The molecule has 0 spiro atoms. The van der Waals surface area contributed by atoms with Crippen molar-refractivity contribution in [1.82, 2.24) is 5.32 Å². The molecule has 2 aliphatic rings. The summed E-state index contributed by atoms with van der Waals surface area (Å²) in [7, 11) is -0.282. The molecule has 2 saturated heterocycles. The monoisotopic (exact) mass is 450 g/mol. The van der Waals surface area contributed by atoms with Gasteiger partial charge in [0.15, 0.2) is 5.54 Å². The summed E-state index contributed by atoms with van der Waals surface area (Å²) in [6.45, 7) is 9.30. The third kappa shape index (κ3) is 5.93. The fourth-order valence-electron chi connectivity index (χ4n) is 3.98. The van der Waals surface area contributed by atoms with E-state index in [0.717, 1.165) is 18.5 Å². The number of esters is 1. The molecule has 0 radical (unpaired) electrons. The van der Waals surface area contributed by atoms with Gasteiger partial charge in [-0.2, -0.15) is 0 Å². The first kappa shape index (κ1) is 25.5. The van der Waals surface area contributed by atoms with Crippen LogP contribution in [0.5, 0.6) is 0 Å². The van der Waals surface area contributed by atoms with Crippen LogP contribution in [0, 0.1) is 5.92 Å². The van der Waals surface area contributed by atoms with Gasteiger partial charge in [0.2, 0.25) is 0 Å². The van der Waals surface area contributed by atoms with Gasteiger partial charge in [0.05, 0.1) is 11.2 Å². The van der Waals surface area contributed by atoms with E-state index in [1.54, 1.807) is 0 Å². The van der Waals surface area contributed by atoms with Gasteiger partial charge in [-0.1, -0.05) is 41.9 Å². The molecule has 2 atom stereocenters. The molecule has 1 aromatic rings. The second-order valence-electron chi connectivity index (χ2n) is 9.25. The highest BCUT2D eigenvalue weighted by atomic mass is 35.5. The van der Waals surface area contributed by atoms with Gasteiger partial charge in [0.1, 0.15) is 6.61 Å². The van der Waals surface area contributed by atoms with E-state index in [9.17, 15) is 4.79 Å². The molecule has 2 fully saturated rings. The molecule has 1 N–H and O–H groups in total. The van der Waals surface area contributed by atoms with Crippen molar-refractivity contribution in [1.29, 1.82) is 0 Å². The number of nitrogens with one attached hydrogen (secondary N) is 1. The first-order valence-corrected chi connectivity index (χ1v) is 10.5. The second-order valence-corrected chi connectivity index (χ2v) is 9.25. The molecule has 0 bridgehead atoms. The van der Waals surface area contributed by atoms with Crippen LogP contribution < -0.4 is 5.32 Å². The van der Waals surface area contributed by atoms with Crippen LogP contribution in [0.15, 0.2) is 35.4 Å². The molecule has 0 saturated carbocycles. The third-order valence-corrected chi connectivity index (χ3v) is 6.42. The minimum absolute atomic E-state index is 0. The summed E-state index contributed by atoms with van der Waals surface area (Å²) in [5.74, 6) is -0.343. The van der Waals surface area contributed by atoms with Gasteiger partial charge in [-0.3, -0.25) is 4.79 Å². The maximum Gasteiger partial charge on any atom is 0.457 e. The maximum absolute atomic E-state index is 12.9. The lowest BCUT2D eigenvalue weighted by Crippen LogP contribution is -2.53. The quantitative estimate of drug-likeness (QED) is 0.219. The van der Waals surface area contributed by atoms with Crippen molar-refractivity contribution in [2.45, 2.75) is 70.2 Å². The zero-order valence-electron chi connectivity index (χ0n) is 18.7. The van der Waals surface area contributed by atoms with Gasteiger partial charge in [-0.05, 0) is 64.0 Å². The molecule has 8 nitrogen and oxygen atoms in total. The lowest BCUT2D eigenvalue weighted by atomic mass is 9.75. The molecule has 0 amide bonds. The number of hydrogen-bond acceptors (Lipinski definition) is 6. The molecule has 2 aliphatic heterocycles. The minimum Gasteiger partial charge on any atom is -0.460 e. The Morgan fingerprint density at radius 1 is 1.26 bits per heavy atom. The second kappa shape index (κ2) is 10.2. The Morgan fingerprint density at radius 2 is 1.90 bits per heavy atom. The highest BCUT2D eigenvalue weighted by molar-refractivity contribution is 6.45. The molecule has 3 rings (SSSR count). The summed E-state index contributed by atoms with van der Waals surface area (Å²) in [4.78, 5) is 15.8. The number of hydrogen-bond donors (Lipinski definition) is 1. The maximum atomic E-state index is 12.9. The number of piperidine rings is 1. The van der Waals surface area contributed by atoms with Crippen LogP contribution in [0.4, 0.5) is 0 Å². The molecule has 2 heterocycles. The van der Waals surface area contributed by atoms with Crippen LogP contribution in [0.1, 0.15) is 46.1 Å². The van der Waals surface area contributed by atoms with E-state index in [1.165, 1.54) is 0 Å². The summed E-state index contributed by atoms with van der Waals surface area (Å²) < 4.78 is 17.7. The van der Waals surface area contributed by atoms with Gasteiger partial charge in [0, 0.05) is 11.5 Å². The number of rotatable bonds is 7. The lowest BCUT2D eigenvalue weighted by molar-refractivity contribution is -0.152. The predicted octanol–water partition coefficient (Wildman–Crippen LogP) is 4.29. The van der Waals surface area contributed by atoms with Crippen molar-refractivity contribution in [3.63, 3.8) is 0 Å². The van der Waals surface area contributed by atoms with Crippen LogP contribution >= 0.6 is 12.4 Å². The first-order valence-electron chi connectivity index (χ1n) is 10.5. The van der Waals surface area contributed by atoms with Crippen molar-refractivity contribution in [3.8, 4) is 0 Å². The number of halogens is 1. The van der Waals surface area contributed by atoms with E-state index in [2.05, 4.69) is 15.3 Å². The van der Waals surface area contributed by atoms with Crippen LogP contribution in [-0.2, 0) is 25.4 Å². The van der Waals surface area contributed by atoms with E-state index in [0.29, 0.717) is 12.7 Å². The Hall–Kier alpha value is -1.77. The Kier molecular flexibility index (Phi) is 8.42. The molecule has 10 heteroatoms. The molecular formula is C21H32BClN4O4. The highest BCUT2D eigenvalue weighted by Crippen LogP contribution is 2.39. The predicted molar refractivity (Wildman–Crippen MR) is 122 cm³/mol. The fraction of sp³-hybridized carbons (Fsp3) is 0.667.